The maximum absolute atomic E-state index is 13.3. The van der Waals surface area contributed by atoms with Crippen LogP contribution in [0, 0.1) is 19.7 Å². The molecule has 7 nitrogen and oxygen atoms in total. The molecule has 0 saturated carbocycles. The first kappa shape index (κ1) is 22.7. The van der Waals surface area contributed by atoms with Crippen molar-refractivity contribution in [3.05, 3.63) is 77.2 Å². The largest absolute Gasteiger partial charge is 0.340 e. The molecule has 2 aromatic carbocycles. The fourth-order valence-electron chi connectivity index (χ4n) is 3.90. The van der Waals surface area contributed by atoms with E-state index in [-0.39, 0.29) is 24.2 Å². The van der Waals surface area contributed by atoms with Crippen molar-refractivity contribution in [3.8, 4) is 5.69 Å². The van der Waals surface area contributed by atoms with Gasteiger partial charge in [-0.2, -0.15) is 5.10 Å². The second kappa shape index (κ2) is 9.95. The van der Waals surface area contributed by atoms with E-state index in [1.54, 1.807) is 22.9 Å². The number of carbonyl (C=O) groups is 2. The van der Waals surface area contributed by atoms with Crippen LogP contribution in [-0.4, -0.2) is 64.1 Å². The fraction of sp³-hybridized carbons (Fsp3) is 0.320. The topological polar surface area (TPSA) is 70.5 Å². The molecule has 3 aromatic rings. The lowest BCUT2D eigenvalue weighted by Crippen LogP contribution is -2.50. The average Bonchev–Trinajstić information content (AvgIpc) is 3.16. The van der Waals surface area contributed by atoms with Crippen molar-refractivity contribution >= 4 is 17.6 Å². The van der Waals surface area contributed by atoms with E-state index in [2.05, 4.69) is 10.4 Å². The third-order valence-electron chi connectivity index (χ3n) is 5.74. The Labute approximate surface area is 192 Å². The lowest BCUT2D eigenvalue weighted by Gasteiger charge is -2.34. The Balaban J connectivity index is 1.29. The van der Waals surface area contributed by atoms with Crippen LogP contribution in [0.3, 0.4) is 0 Å². The van der Waals surface area contributed by atoms with E-state index < -0.39 is 0 Å². The van der Waals surface area contributed by atoms with E-state index >= 15 is 0 Å². The molecule has 1 aliphatic rings. The number of amides is 2. The molecule has 172 valence electrons. The van der Waals surface area contributed by atoms with Gasteiger partial charge in [0.15, 0.2) is 0 Å². The highest BCUT2D eigenvalue weighted by molar-refractivity contribution is 5.91. The van der Waals surface area contributed by atoms with Gasteiger partial charge in [-0.1, -0.05) is 29.8 Å². The van der Waals surface area contributed by atoms with Crippen molar-refractivity contribution in [2.24, 2.45) is 0 Å². The van der Waals surface area contributed by atoms with E-state index in [4.69, 9.17) is 0 Å². The summed E-state index contributed by atoms with van der Waals surface area (Å²) in [5.41, 5.74) is 3.60. The highest BCUT2D eigenvalue weighted by atomic mass is 19.1. The standard InChI is InChI=1S/C25H28FN5O2/c1-18-3-5-20(6-4-18)16-25(33)30-13-11-29(12-14-30)17-24(32)27-23-15-19(2)28-31(23)22-9-7-21(26)8-10-22/h3-10,15H,11-14,16-17H2,1-2H3,(H,27,32). The van der Waals surface area contributed by atoms with Crippen molar-refractivity contribution in [2.45, 2.75) is 20.3 Å². The summed E-state index contributed by atoms with van der Waals surface area (Å²) in [6.45, 7) is 6.58. The van der Waals surface area contributed by atoms with Gasteiger partial charge in [-0.3, -0.25) is 14.5 Å². The molecule has 33 heavy (non-hydrogen) atoms. The summed E-state index contributed by atoms with van der Waals surface area (Å²) in [6.07, 6.45) is 0.396. The zero-order valence-corrected chi connectivity index (χ0v) is 18.9. The van der Waals surface area contributed by atoms with Crippen LogP contribution in [0.4, 0.5) is 10.2 Å². The summed E-state index contributed by atoms with van der Waals surface area (Å²) in [5.74, 6) is 0.167. The second-order valence-corrected chi connectivity index (χ2v) is 8.43. The molecular weight excluding hydrogens is 421 g/mol. The number of anilines is 1. The van der Waals surface area contributed by atoms with Crippen molar-refractivity contribution in [1.29, 1.82) is 0 Å². The number of carbonyl (C=O) groups excluding carboxylic acids is 2. The summed E-state index contributed by atoms with van der Waals surface area (Å²) in [7, 11) is 0. The van der Waals surface area contributed by atoms with Gasteiger partial charge in [0.2, 0.25) is 11.8 Å². The van der Waals surface area contributed by atoms with Crippen molar-refractivity contribution in [2.75, 3.05) is 38.0 Å². The fourth-order valence-corrected chi connectivity index (χ4v) is 3.90. The van der Waals surface area contributed by atoms with Gasteiger partial charge >= 0.3 is 0 Å². The molecular formula is C25H28FN5O2. The van der Waals surface area contributed by atoms with Gasteiger partial charge in [-0.25, -0.2) is 9.07 Å². The number of nitrogens with zero attached hydrogens (tertiary/aromatic N) is 4. The summed E-state index contributed by atoms with van der Waals surface area (Å²) < 4.78 is 14.8. The van der Waals surface area contributed by atoms with Gasteiger partial charge in [-0.15, -0.1) is 0 Å². The number of hydrogen-bond acceptors (Lipinski definition) is 4. The number of aromatic nitrogens is 2. The van der Waals surface area contributed by atoms with Gasteiger partial charge in [0.1, 0.15) is 11.6 Å². The summed E-state index contributed by atoms with van der Waals surface area (Å²) >= 11 is 0. The van der Waals surface area contributed by atoms with Crippen LogP contribution < -0.4 is 5.32 Å². The first-order valence-electron chi connectivity index (χ1n) is 11.1. The second-order valence-electron chi connectivity index (χ2n) is 8.43. The van der Waals surface area contributed by atoms with Gasteiger partial charge in [-0.05, 0) is 43.7 Å². The van der Waals surface area contributed by atoms with Crippen LogP contribution in [0.5, 0.6) is 0 Å². The first-order valence-corrected chi connectivity index (χ1v) is 11.1. The molecule has 0 spiro atoms. The van der Waals surface area contributed by atoms with Crippen LogP contribution in [-0.2, 0) is 16.0 Å². The van der Waals surface area contributed by atoms with Crippen LogP contribution in [0.2, 0.25) is 0 Å². The SMILES string of the molecule is Cc1ccc(CC(=O)N2CCN(CC(=O)Nc3cc(C)nn3-c3ccc(F)cc3)CC2)cc1. The number of halogens is 1. The Morgan fingerprint density at radius 1 is 0.970 bits per heavy atom. The molecule has 0 unspecified atom stereocenters. The number of nitrogens with one attached hydrogen (secondary N) is 1. The smallest absolute Gasteiger partial charge is 0.239 e. The number of piperazine rings is 1. The van der Waals surface area contributed by atoms with Crippen molar-refractivity contribution in [3.63, 3.8) is 0 Å². The van der Waals surface area contributed by atoms with Gasteiger partial charge < -0.3 is 10.2 Å². The molecule has 0 radical (unpaired) electrons. The van der Waals surface area contributed by atoms with Crippen molar-refractivity contribution < 1.29 is 14.0 Å². The summed E-state index contributed by atoms with van der Waals surface area (Å²) in [5, 5.41) is 7.31. The Morgan fingerprint density at radius 3 is 2.30 bits per heavy atom. The van der Waals surface area contributed by atoms with Crippen LogP contribution in [0.15, 0.2) is 54.6 Å². The molecule has 2 amide bonds. The molecule has 1 aromatic heterocycles. The minimum absolute atomic E-state index is 0.113. The number of rotatable bonds is 6. The minimum atomic E-state index is -0.329. The average molecular weight is 450 g/mol. The number of benzene rings is 2. The molecule has 1 fully saturated rings. The zero-order chi connectivity index (χ0) is 23.4. The predicted molar refractivity (Wildman–Crippen MR) is 125 cm³/mol. The normalized spacial score (nSPS) is 14.3. The predicted octanol–water partition coefficient (Wildman–Crippen LogP) is 2.95. The molecule has 1 saturated heterocycles. The molecule has 8 heteroatoms. The number of aryl methyl sites for hydroxylation is 2. The summed E-state index contributed by atoms with van der Waals surface area (Å²) in [6, 6.07) is 15.7. The van der Waals surface area contributed by atoms with Crippen LogP contribution in [0.25, 0.3) is 5.69 Å². The molecule has 2 heterocycles. The van der Waals surface area contributed by atoms with Crippen LogP contribution >= 0.6 is 0 Å². The van der Waals surface area contributed by atoms with Crippen molar-refractivity contribution in [1.82, 2.24) is 19.6 Å². The van der Waals surface area contributed by atoms with E-state index in [0.29, 0.717) is 44.1 Å². The maximum atomic E-state index is 13.3. The molecule has 0 bridgehead atoms. The highest BCUT2D eigenvalue weighted by Gasteiger charge is 2.23. The van der Waals surface area contributed by atoms with E-state index in [1.807, 2.05) is 47.9 Å². The molecule has 0 aliphatic carbocycles. The number of hydrogen-bond donors (Lipinski definition) is 1. The Bertz CT molecular complexity index is 1120. The Kier molecular flexibility index (Phi) is 6.84. The van der Waals surface area contributed by atoms with E-state index in [9.17, 15) is 14.0 Å². The minimum Gasteiger partial charge on any atom is -0.340 e. The quantitative estimate of drug-likeness (QED) is 0.628. The monoisotopic (exact) mass is 449 g/mol. The zero-order valence-electron chi connectivity index (χ0n) is 18.9. The highest BCUT2D eigenvalue weighted by Crippen LogP contribution is 2.18. The maximum Gasteiger partial charge on any atom is 0.239 e. The van der Waals surface area contributed by atoms with Gasteiger partial charge in [0, 0.05) is 32.2 Å². The summed E-state index contributed by atoms with van der Waals surface area (Å²) in [4.78, 5) is 29.2. The van der Waals surface area contributed by atoms with E-state index in [0.717, 1.165) is 11.3 Å². The third-order valence-corrected chi connectivity index (χ3v) is 5.74. The molecule has 1 aliphatic heterocycles. The van der Waals surface area contributed by atoms with Gasteiger partial charge in [0.25, 0.3) is 0 Å². The lowest BCUT2D eigenvalue weighted by molar-refractivity contribution is -0.132. The third kappa shape index (κ3) is 5.84. The Hall–Kier alpha value is -3.52. The molecule has 4 rings (SSSR count). The first-order chi connectivity index (χ1) is 15.9. The molecule has 1 N–H and O–H groups in total. The Morgan fingerprint density at radius 2 is 1.64 bits per heavy atom. The van der Waals surface area contributed by atoms with Crippen LogP contribution in [0.1, 0.15) is 16.8 Å². The van der Waals surface area contributed by atoms with E-state index in [1.165, 1.54) is 17.7 Å². The molecule has 0 atom stereocenters. The van der Waals surface area contributed by atoms with Gasteiger partial charge in [0.05, 0.1) is 24.3 Å². The lowest BCUT2D eigenvalue weighted by atomic mass is 10.1.